The minimum atomic E-state index is -0.336. The van der Waals surface area contributed by atoms with Crippen LogP contribution in [0, 0.1) is 5.82 Å². The first kappa shape index (κ1) is 14.5. The maximum atomic E-state index is 13.6. The van der Waals surface area contributed by atoms with Crippen molar-refractivity contribution < 1.29 is 13.9 Å². The number of anilines is 1. The summed E-state index contributed by atoms with van der Waals surface area (Å²) in [6.45, 7) is -0.146. The Morgan fingerprint density at radius 2 is 2.00 bits per heavy atom. The predicted octanol–water partition coefficient (Wildman–Crippen LogP) is 3.48. The molecule has 0 saturated carbocycles. The Morgan fingerprint density at radius 1 is 1.23 bits per heavy atom. The first-order valence-electron chi connectivity index (χ1n) is 6.64. The first-order chi connectivity index (χ1) is 10.6. The monoisotopic (exact) mass is 316 g/mol. The maximum absolute atomic E-state index is 13.6. The molecular formula is C16H13FN2O2S. The van der Waals surface area contributed by atoms with Crippen LogP contribution in [0.15, 0.2) is 48.5 Å². The smallest absolute Gasteiger partial charge is 0.274 e. The van der Waals surface area contributed by atoms with Gasteiger partial charge >= 0.3 is 0 Å². The number of carbonyl (C=O) groups excluding carboxylic acids is 1. The molecule has 0 aliphatic heterocycles. The van der Waals surface area contributed by atoms with E-state index < -0.39 is 0 Å². The predicted molar refractivity (Wildman–Crippen MR) is 84.9 cm³/mol. The topological polar surface area (TPSA) is 42.4 Å². The van der Waals surface area contributed by atoms with E-state index in [1.54, 1.807) is 19.2 Å². The molecule has 2 aromatic carbocycles. The molecule has 112 valence electrons. The number of ether oxygens (including phenoxy) is 1. The Hall–Kier alpha value is -2.47. The minimum absolute atomic E-state index is 0.146. The first-order valence-corrected chi connectivity index (χ1v) is 7.46. The van der Waals surface area contributed by atoms with Gasteiger partial charge in [0.25, 0.3) is 11.1 Å². The number of thiazole rings is 1. The van der Waals surface area contributed by atoms with E-state index in [0.29, 0.717) is 10.2 Å². The van der Waals surface area contributed by atoms with Crippen molar-refractivity contribution in [2.45, 2.75) is 0 Å². The Morgan fingerprint density at radius 3 is 2.73 bits per heavy atom. The fraction of sp³-hybridized carbons (Fsp3) is 0.125. The highest BCUT2D eigenvalue weighted by Gasteiger charge is 2.14. The Bertz CT molecular complexity index is 804. The molecule has 3 aromatic rings. The van der Waals surface area contributed by atoms with Crippen molar-refractivity contribution in [1.29, 1.82) is 0 Å². The van der Waals surface area contributed by atoms with E-state index in [1.165, 1.54) is 11.0 Å². The highest BCUT2D eigenvalue weighted by Crippen LogP contribution is 2.29. The van der Waals surface area contributed by atoms with Crippen molar-refractivity contribution in [3.05, 3.63) is 54.3 Å². The molecule has 0 aliphatic rings. The largest absolute Gasteiger partial charge is 0.460 e. The highest BCUT2D eigenvalue weighted by atomic mass is 32.1. The van der Waals surface area contributed by atoms with Gasteiger partial charge in [0, 0.05) is 12.7 Å². The summed E-state index contributed by atoms with van der Waals surface area (Å²) in [6, 6.07) is 13.9. The van der Waals surface area contributed by atoms with Gasteiger partial charge in [0.05, 0.1) is 10.2 Å². The molecule has 3 rings (SSSR count). The van der Waals surface area contributed by atoms with Crippen LogP contribution < -0.4 is 9.64 Å². The molecule has 1 heterocycles. The third kappa shape index (κ3) is 2.92. The summed E-state index contributed by atoms with van der Waals surface area (Å²) in [5.74, 6) is -0.538. The van der Waals surface area contributed by atoms with Gasteiger partial charge in [-0.3, -0.25) is 4.79 Å². The van der Waals surface area contributed by atoms with Crippen LogP contribution in [-0.2, 0) is 4.79 Å². The molecule has 0 N–H and O–H groups in total. The van der Waals surface area contributed by atoms with E-state index in [4.69, 9.17) is 4.74 Å². The van der Waals surface area contributed by atoms with Crippen LogP contribution in [0.4, 0.5) is 10.1 Å². The third-order valence-corrected chi connectivity index (χ3v) is 4.18. The van der Waals surface area contributed by atoms with Gasteiger partial charge in [-0.2, -0.15) is 0 Å². The van der Waals surface area contributed by atoms with Gasteiger partial charge in [0.2, 0.25) is 0 Å². The second-order valence-corrected chi connectivity index (χ2v) is 5.61. The van der Waals surface area contributed by atoms with Crippen LogP contribution in [-0.4, -0.2) is 24.5 Å². The Kier molecular flexibility index (Phi) is 4.02. The van der Waals surface area contributed by atoms with E-state index in [1.807, 2.05) is 30.3 Å². The van der Waals surface area contributed by atoms with Gasteiger partial charge in [0.1, 0.15) is 5.82 Å². The maximum Gasteiger partial charge on any atom is 0.274 e. The molecular weight excluding hydrogens is 303 g/mol. The van der Waals surface area contributed by atoms with Gasteiger partial charge in [-0.15, -0.1) is 0 Å². The second-order valence-electron chi connectivity index (χ2n) is 4.64. The molecule has 6 heteroatoms. The summed E-state index contributed by atoms with van der Waals surface area (Å²) in [6.07, 6.45) is 0. The van der Waals surface area contributed by atoms with Gasteiger partial charge in [-0.25, -0.2) is 9.37 Å². The second kappa shape index (κ2) is 6.11. The number of hydrogen-bond donors (Lipinski definition) is 0. The van der Waals surface area contributed by atoms with Gasteiger partial charge in [-0.05, 0) is 24.3 Å². The molecule has 0 aliphatic carbocycles. The molecule has 0 bridgehead atoms. The van der Waals surface area contributed by atoms with E-state index in [0.717, 1.165) is 17.0 Å². The van der Waals surface area contributed by atoms with Crippen LogP contribution in [0.2, 0.25) is 0 Å². The number of carbonyl (C=O) groups is 1. The third-order valence-electron chi connectivity index (χ3n) is 3.18. The molecule has 1 amide bonds. The molecule has 4 nitrogen and oxygen atoms in total. The average molecular weight is 316 g/mol. The average Bonchev–Trinajstić information content (AvgIpc) is 2.97. The molecule has 0 radical (unpaired) electrons. The van der Waals surface area contributed by atoms with Crippen LogP contribution in [0.25, 0.3) is 10.2 Å². The van der Waals surface area contributed by atoms with Crippen LogP contribution in [0.1, 0.15) is 0 Å². The van der Waals surface area contributed by atoms with Crippen molar-refractivity contribution in [1.82, 2.24) is 4.98 Å². The summed E-state index contributed by atoms with van der Waals surface area (Å²) in [5, 5.41) is 0.287. The molecule has 0 saturated heterocycles. The van der Waals surface area contributed by atoms with E-state index in [9.17, 15) is 9.18 Å². The molecule has 0 unspecified atom stereocenters. The summed E-state index contributed by atoms with van der Waals surface area (Å²) in [4.78, 5) is 17.8. The minimum Gasteiger partial charge on any atom is -0.460 e. The summed E-state index contributed by atoms with van der Waals surface area (Å²) in [5.41, 5.74) is 1.32. The summed E-state index contributed by atoms with van der Waals surface area (Å²) >= 11 is 1.09. The van der Waals surface area contributed by atoms with Crippen LogP contribution >= 0.6 is 11.3 Å². The Labute approximate surface area is 130 Å². The zero-order chi connectivity index (χ0) is 15.5. The fourth-order valence-electron chi connectivity index (χ4n) is 1.97. The molecule has 1 aromatic heterocycles. The normalized spacial score (nSPS) is 10.6. The number of rotatable bonds is 4. The van der Waals surface area contributed by atoms with E-state index in [-0.39, 0.29) is 23.5 Å². The van der Waals surface area contributed by atoms with Crippen molar-refractivity contribution in [2.75, 3.05) is 18.6 Å². The summed E-state index contributed by atoms with van der Waals surface area (Å²) < 4.78 is 19.4. The zero-order valence-corrected chi connectivity index (χ0v) is 12.6. The Balaban J connectivity index is 1.68. The number of para-hydroxylation sites is 1. The number of hydrogen-bond acceptors (Lipinski definition) is 4. The number of halogens is 1. The van der Waals surface area contributed by atoms with Gasteiger partial charge in [0.15, 0.2) is 6.61 Å². The molecule has 0 fully saturated rings. The van der Waals surface area contributed by atoms with Gasteiger partial charge in [-0.1, -0.05) is 35.6 Å². The number of aromatic nitrogens is 1. The number of fused-ring (bicyclic) bond motifs is 1. The van der Waals surface area contributed by atoms with Crippen molar-refractivity contribution in [3.63, 3.8) is 0 Å². The van der Waals surface area contributed by atoms with Crippen molar-refractivity contribution in [2.24, 2.45) is 0 Å². The molecule has 22 heavy (non-hydrogen) atoms. The van der Waals surface area contributed by atoms with Crippen molar-refractivity contribution in [3.8, 4) is 5.19 Å². The SMILES string of the molecule is CN(C(=O)COc1nc2cccc(F)c2s1)c1ccccc1. The quantitative estimate of drug-likeness (QED) is 0.740. The van der Waals surface area contributed by atoms with Crippen LogP contribution in [0.3, 0.4) is 0 Å². The highest BCUT2D eigenvalue weighted by molar-refractivity contribution is 7.20. The lowest BCUT2D eigenvalue weighted by molar-refractivity contribution is -0.120. The standard InChI is InChI=1S/C16H13FN2O2S/c1-19(11-6-3-2-4-7-11)14(20)10-21-16-18-13-9-5-8-12(17)15(13)22-16/h2-9H,10H2,1H3. The lowest BCUT2D eigenvalue weighted by Crippen LogP contribution is -2.31. The number of likely N-dealkylation sites (N-methyl/N-ethyl adjacent to an activating group) is 1. The molecule has 0 spiro atoms. The van der Waals surface area contributed by atoms with Crippen molar-refractivity contribution >= 4 is 33.1 Å². The molecule has 0 atom stereocenters. The number of nitrogens with zero attached hydrogens (tertiary/aromatic N) is 2. The van der Waals surface area contributed by atoms with Crippen LogP contribution in [0.5, 0.6) is 5.19 Å². The van der Waals surface area contributed by atoms with Gasteiger partial charge < -0.3 is 9.64 Å². The summed E-state index contributed by atoms with van der Waals surface area (Å²) in [7, 11) is 1.68. The lowest BCUT2D eigenvalue weighted by Gasteiger charge is -2.16. The zero-order valence-electron chi connectivity index (χ0n) is 11.8. The lowest BCUT2D eigenvalue weighted by atomic mass is 10.3. The van der Waals surface area contributed by atoms with E-state index in [2.05, 4.69) is 4.98 Å². The number of benzene rings is 2. The fourth-order valence-corrected chi connectivity index (χ4v) is 2.79. The van der Waals surface area contributed by atoms with E-state index >= 15 is 0 Å². The number of amides is 1.